The van der Waals surface area contributed by atoms with Crippen LogP contribution in [0.3, 0.4) is 0 Å². The van der Waals surface area contributed by atoms with E-state index in [1.54, 1.807) is 42.5 Å². The highest BCUT2D eigenvalue weighted by Crippen LogP contribution is 2.42. The number of nitrogens with zero attached hydrogens (tertiary/aromatic N) is 3. The summed E-state index contributed by atoms with van der Waals surface area (Å²) in [5.74, 6) is 1.23. The van der Waals surface area contributed by atoms with Gasteiger partial charge >= 0.3 is 0 Å². The van der Waals surface area contributed by atoms with Gasteiger partial charge in [-0.15, -0.1) is 0 Å². The second-order valence-corrected chi connectivity index (χ2v) is 11.7. The monoisotopic (exact) mass is 664 g/mol. The predicted octanol–water partition coefficient (Wildman–Crippen LogP) is 6.00. The number of thioether (sulfide) groups is 1. The third-order valence-electron chi connectivity index (χ3n) is 7.08. The maximum Gasteiger partial charge on any atom is 0.251 e. The second kappa shape index (κ2) is 14.6. The fourth-order valence-corrected chi connectivity index (χ4v) is 5.96. The minimum Gasteiger partial charge on any atom is -0.493 e. The molecular formula is C33H33ClN4O7S. The van der Waals surface area contributed by atoms with E-state index < -0.39 is 11.9 Å². The van der Waals surface area contributed by atoms with Gasteiger partial charge in [0.15, 0.2) is 28.2 Å². The second-order valence-electron chi connectivity index (χ2n) is 10.3. The number of fused-ring (bicyclic) bond motifs is 1. The average Bonchev–Trinajstić information content (AvgIpc) is 3.51. The minimum atomic E-state index is -1.15. The van der Waals surface area contributed by atoms with Crippen LogP contribution in [0.5, 0.6) is 28.7 Å². The van der Waals surface area contributed by atoms with Gasteiger partial charge in [-0.3, -0.25) is 9.59 Å². The molecular weight excluding hydrogens is 632 g/mol. The van der Waals surface area contributed by atoms with E-state index in [0.29, 0.717) is 50.2 Å². The first-order valence-electron chi connectivity index (χ1n) is 14.2. The van der Waals surface area contributed by atoms with Crippen molar-refractivity contribution in [3.8, 4) is 28.7 Å². The molecule has 0 fully saturated rings. The summed E-state index contributed by atoms with van der Waals surface area (Å²) in [6.45, 7) is 3.91. The van der Waals surface area contributed by atoms with E-state index in [4.69, 9.17) is 35.3 Å². The van der Waals surface area contributed by atoms with E-state index in [1.165, 1.54) is 38.0 Å². The van der Waals surface area contributed by atoms with E-state index in [0.717, 1.165) is 17.0 Å². The highest BCUT2D eigenvalue weighted by Gasteiger charge is 2.34. The molecule has 1 aromatic heterocycles. The van der Waals surface area contributed by atoms with Crippen LogP contribution in [0.1, 0.15) is 28.6 Å². The summed E-state index contributed by atoms with van der Waals surface area (Å²) < 4.78 is 27.7. The Hall–Kier alpha value is -4.68. The van der Waals surface area contributed by atoms with Crippen LogP contribution in [0.15, 0.2) is 65.8 Å². The van der Waals surface area contributed by atoms with Gasteiger partial charge in [-0.05, 0) is 67.4 Å². The van der Waals surface area contributed by atoms with Crippen molar-refractivity contribution in [1.82, 2.24) is 14.9 Å². The van der Waals surface area contributed by atoms with Gasteiger partial charge < -0.3 is 33.9 Å². The number of carbonyl (C=O) groups is 2. The van der Waals surface area contributed by atoms with Gasteiger partial charge in [0.25, 0.3) is 5.91 Å². The zero-order valence-corrected chi connectivity index (χ0v) is 27.5. The number of ether oxygens (including phenoxy) is 5. The molecule has 2 heterocycles. The first-order chi connectivity index (χ1) is 22.2. The standard InChI is InChI=1S/C33H33ClN4O7S/c1-19-12-20(2)36-33(35-19)46-17-29(39)38(16-21-6-8-23(34)9-7-21)30(22-13-27(41-3)31(43-5)28(14-22)42-4)32(40)37-24-10-11-25-26(15-24)45-18-44-25/h6-15,30H,16-18H2,1-5H3,(H,37,40). The van der Waals surface area contributed by atoms with Crippen LogP contribution >= 0.6 is 23.4 Å². The van der Waals surface area contributed by atoms with Crippen LogP contribution in [0.2, 0.25) is 5.02 Å². The molecule has 1 aliphatic heterocycles. The van der Waals surface area contributed by atoms with Crippen molar-refractivity contribution >= 4 is 40.9 Å². The summed E-state index contributed by atoms with van der Waals surface area (Å²) >= 11 is 7.36. The van der Waals surface area contributed by atoms with Crippen molar-refractivity contribution in [1.29, 1.82) is 0 Å². The number of amides is 2. The fraction of sp³-hybridized carbons (Fsp3) is 0.273. The number of nitrogens with one attached hydrogen (secondary N) is 1. The van der Waals surface area contributed by atoms with Gasteiger partial charge in [0, 0.05) is 34.7 Å². The molecule has 11 nitrogen and oxygen atoms in total. The Morgan fingerprint density at radius 1 is 0.913 bits per heavy atom. The number of rotatable bonds is 12. The molecule has 1 unspecified atom stereocenters. The van der Waals surface area contributed by atoms with Gasteiger partial charge in [-0.2, -0.15) is 0 Å². The summed E-state index contributed by atoms with van der Waals surface area (Å²) in [5, 5.41) is 3.97. The summed E-state index contributed by atoms with van der Waals surface area (Å²) in [5.41, 5.74) is 3.24. The Morgan fingerprint density at radius 2 is 1.57 bits per heavy atom. The molecule has 13 heteroatoms. The van der Waals surface area contributed by atoms with Crippen LogP contribution < -0.4 is 29.0 Å². The summed E-state index contributed by atoms with van der Waals surface area (Å²) in [7, 11) is 4.46. The fourth-order valence-electron chi connectivity index (χ4n) is 4.99. The van der Waals surface area contributed by atoms with Crippen molar-refractivity contribution < 1.29 is 33.3 Å². The van der Waals surface area contributed by atoms with Crippen molar-refractivity contribution in [2.24, 2.45) is 0 Å². The smallest absolute Gasteiger partial charge is 0.251 e. The Bertz CT molecular complexity index is 1690. The number of aromatic nitrogens is 2. The average molecular weight is 665 g/mol. The van der Waals surface area contributed by atoms with Crippen molar-refractivity contribution in [2.75, 3.05) is 39.2 Å². The zero-order valence-electron chi connectivity index (χ0n) is 26.0. The van der Waals surface area contributed by atoms with Crippen LogP contribution in [-0.4, -0.2) is 60.6 Å². The molecule has 0 radical (unpaired) electrons. The Balaban J connectivity index is 1.58. The van der Waals surface area contributed by atoms with Crippen LogP contribution in [-0.2, 0) is 16.1 Å². The third-order valence-corrected chi connectivity index (χ3v) is 8.16. The van der Waals surface area contributed by atoms with Gasteiger partial charge in [0.2, 0.25) is 18.4 Å². The van der Waals surface area contributed by atoms with E-state index >= 15 is 0 Å². The SMILES string of the molecule is COc1cc(C(C(=O)Nc2ccc3c(c2)OCO3)N(Cc2ccc(Cl)cc2)C(=O)CSc2nc(C)cc(C)n2)cc(OC)c1OC. The number of hydrogen-bond donors (Lipinski definition) is 1. The summed E-state index contributed by atoms with van der Waals surface area (Å²) in [4.78, 5) is 39.0. The molecule has 2 amide bonds. The number of aryl methyl sites for hydroxylation is 2. The number of benzene rings is 3. The Kier molecular flexibility index (Phi) is 10.4. The van der Waals surface area contributed by atoms with Crippen LogP contribution in [0.25, 0.3) is 0 Å². The van der Waals surface area contributed by atoms with Gasteiger partial charge in [0.1, 0.15) is 6.04 Å². The molecule has 46 heavy (non-hydrogen) atoms. The molecule has 5 rings (SSSR count). The number of halogens is 1. The van der Waals surface area contributed by atoms with E-state index in [2.05, 4.69) is 15.3 Å². The lowest BCUT2D eigenvalue weighted by molar-refractivity contribution is -0.137. The largest absolute Gasteiger partial charge is 0.493 e. The first-order valence-corrected chi connectivity index (χ1v) is 15.5. The molecule has 1 atom stereocenters. The molecule has 1 aliphatic rings. The quantitative estimate of drug-likeness (QED) is 0.143. The van der Waals surface area contributed by atoms with Crippen molar-refractivity contribution in [2.45, 2.75) is 31.6 Å². The maximum absolute atomic E-state index is 14.4. The normalized spacial score (nSPS) is 12.3. The highest BCUT2D eigenvalue weighted by molar-refractivity contribution is 7.99. The lowest BCUT2D eigenvalue weighted by atomic mass is 10.0. The topological polar surface area (TPSA) is 121 Å². The van der Waals surface area contributed by atoms with Gasteiger partial charge in [0.05, 0.1) is 27.1 Å². The van der Waals surface area contributed by atoms with Crippen molar-refractivity contribution in [3.05, 3.63) is 88.2 Å². The minimum absolute atomic E-state index is 0.0330. The summed E-state index contributed by atoms with van der Waals surface area (Å²) in [6.07, 6.45) is 0. The molecule has 0 saturated carbocycles. The number of methoxy groups -OCH3 is 3. The predicted molar refractivity (Wildman–Crippen MR) is 174 cm³/mol. The van der Waals surface area contributed by atoms with Gasteiger partial charge in [-0.1, -0.05) is 35.5 Å². The highest BCUT2D eigenvalue weighted by atomic mass is 35.5. The lowest BCUT2D eigenvalue weighted by Gasteiger charge is -2.32. The van der Waals surface area contributed by atoms with Crippen LogP contribution in [0, 0.1) is 13.8 Å². The molecule has 0 aliphatic carbocycles. The zero-order chi connectivity index (χ0) is 32.8. The first kappa shape index (κ1) is 32.7. The van der Waals surface area contributed by atoms with E-state index in [1.807, 2.05) is 32.0 Å². The molecule has 0 spiro atoms. The third kappa shape index (κ3) is 7.57. The summed E-state index contributed by atoms with van der Waals surface area (Å²) in [6, 6.07) is 16.2. The molecule has 3 aromatic carbocycles. The lowest BCUT2D eigenvalue weighted by Crippen LogP contribution is -2.42. The Morgan fingerprint density at radius 3 is 2.20 bits per heavy atom. The van der Waals surface area contributed by atoms with Crippen molar-refractivity contribution in [3.63, 3.8) is 0 Å². The molecule has 1 N–H and O–H groups in total. The molecule has 0 saturated heterocycles. The van der Waals surface area contributed by atoms with Gasteiger partial charge in [-0.25, -0.2) is 9.97 Å². The van der Waals surface area contributed by atoms with Crippen LogP contribution in [0.4, 0.5) is 5.69 Å². The van der Waals surface area contributed by atoms with E-state index in [9.17, 15) is 9.59 Å². The molecule has 0 bridgehead atoms. The number of carbonyl (C=O) groups excluding carboxylic acids is 2. The molecule has 4 aromatic rings. The maximum atomic E-state index is 14.4. The van der Waals surface area contributed by atoms with E-state index in [-0.39, 0.29) is 25.0 Å². The number of anilines is 1. The molecule has 240 valence electrons. The Labute approximate surface area is 276 Å². The number of hydrogen-bond acceptors (Lipinski definition) is 10.